The average Bonchev–Trinajstić information content (AvgIpc) is 2.38. The molecule has 1 rings (SSSR count). The third-order valence-corrected chi connectivity index (χ3v) is 3.03. The Bertz CT molecular complexity index is 536. The molecule has 1 heterocycles. The second-order valence-electron chi connectivity index (χ2n) is 3.95. The molecule has 0 atom stereocenters. The molecule has 0 radical (unpaired) electrons. The summed E-state index contributed by atoms with van der Waals surface area (Å²) < 4.78 is 70.8. The fourth-order valence-corrected chi connectivity index (χ4v) is 2.15. The summed E-state index contributed by atoms with van der Waals surface area (Å²) in [6.45, 7) is 1.59. The van der Waals surface area contributed by atoms with E-state index in [1.807, 2.05) is 0 Å². The van der Waals surface area contributed by atoms with Crippen molar-refractivity contribution in [2.24, 2.45) is 0 Å². The van der Waals surface area contributed by atoms with E-state index in [1.54, 1.807) is 0 Å². The SMILES string of the molecule is CCOC(=O)Cc1c(CBr)cc(OC(F)(F)F)nc1C(F)F. The highest BCUT2D eigenvalue weighted by Crippen LogP contribution is 2.31. The maximum atomic E-state index is 13.0. The first-order chi connectivity index (χ1) is 10.2. The van der Waals surface area contributed by atoms with Crippen LogP contribution in [0.2, 0.25) is 0 Å². The van der Waals surface area contributed by atoms with E-state index in [0.29, 0.717) is 0 Å². The van der Waals surface area contributed by atoms with Crippen LogP contribution >= 0.6 is 15.9 Å². The molecular formula is C12H11BrF5NO3. The fraction of sp³-hybridized carbons (Fsp3) is 0.500. The molecule has 0 spiro atoms. The molecule has 22 heavy (non-hydrogen) atoms. The topological polar surface area (TPSA) is 48.4 Å². The van der Waals surface area contributed by atoms with E-state index in [-0.39, 0.29) is 23.1 Å². The van der Waals surface area contributed by atoms with Crippen molar-refractivity contribution in [3.63, 3.8) is 0 Å². The predicted molar refractivity (Wildman–Crippen MR) is 68.8 cm³/mol. The van der Waals surface area contributed by atoms with E-state index in [9.17, 15) is 26.7 Å². The lowest BCUT2D eigenvalue weighted by atomic mass is 10.0. The summed E-state index contributed by atoms with van der Waals surface area (Å²) >= 11 is 2.97. The van der Waals surface area contributed by atoms with Gasteiger partial charge in [-0.25, -0.2) is 13.8 Å². The zero-order chi connectivity index (χ0) is 16.9. The summed E-state index contributed by atoms with van der Waals surface area (Å²) in [5.41, 5.74) is -1.08. The van der Waals surface area contributed by atoms with Gasteiger partial charge in [0.05, 0.1) is 13.0 Å². The molecule has 0 saturated heterocycles. The van der Waals surface area contributed by atoms with Crippen molar-refractivity contribution in [2.45, 2.75) is 31.5 Å². The highest BCUT2D eigenvalue weighted by molar-refractivity contribution is 9.08. The Hall–Kier alpha value is -1.45. The van der Waals surface area contributed by atoms with Gasteiger partial charge in [-0.2, -0.15) is 0 Å². The van der Waals surface area contributed by atoms with Crippen molar-refractivity contribution in [3.05, 3.63) is 22.9 Å². The molecule has 0 fully saturated rings. The molecule has 0 bridgehead atoms. The lowest BCUT2D eigenvalue weighted by molar-refractivity contribution is -0.276. The van der Waals surface area contributed by atoms with E-state index in [4.69, 9.17) is 0 Å². The van der Waals surface area contributed by atoms with E-state index < -0.39 is 36.8 Å². The Morgan fingerprint density at radius 1 is 1.41 bits per heavy atom. The van der Waals surface area contributed by atoms with Gasteiger partial charge in [-0.05, 0) is 18.1 Å². The standard InChI is InChI=1S/C12H11BrF5NO3/c1-2-21-9(20)4-7-6(5-13)3-8(22-12(16,17)18)19-10(7)11(14)15/h3,11H,2,4-5H2,1H3. The molecule has 124 valence electrons. The summed E-state index contributed by atoms with van der Waals surface area (Å²) in [6.07, 6.45) is -8.74. The number of hydrogen-bond donors (Lipinski definition) is 0. The minimum atomic E-state index is -5.06. The second-order valence-corrected chi connectivity index (χ2v) is 4.51. The van der Waals surface area contributed by atoms with Crippen molar-refractivity contribution in [3.8, 4) is 5.88 Å². The average molecular weight is 392 g/mol. The smallest absolute Gasteiger partial charge is 0.466 e. The van der Waals surface area contributed by atoms with Gasteiger partial charge in [0, 0.05) is 11.4 Å². The lowest BCUT2D eigenvalue weighted by Crippen LogP contribution is -2.20. The van der Waals surface area contributed by atoms with Crippen molar-refractivity contribution < 1.29 is 36.2 Å². The summed E-state index contributed by atoms with van der Waals surface area (Å²) in [5, 5.41) is -0.0573. The number of halogens is 6. The molecule has 0 aromatic carbocycles. The third-order valence-electron chi connectivity index (χ3n) is 2.42. The predicted octanol–water partition coefficient (Wildman–Crippen LogP) is 3.92. The number of carbonyl (C=O) groups is 1. The molecule has 0 amide bonds. The minimum absolute atomic E-state index is 0.0394. The molecule has 1 aromatic heterocycles. The van der Waals surface area contributed by atoms with Crippen LogP contribution in [0.4, 0.5) is 22.0 Å². The Morgan fingerprint density at radius 2 is 2.05 bits per heavy atom. The van der Waals surface area contributed by atoms with Crippen molar-refractivity contribution in [1.82, 2.24) is 4.98 Å². The molecule has 0 unspecified atom stereocenters. The minimum Gasteiger partial charge on any atom is -0.466 e. The maximum Gasteiger partial charge on any atom is 0.574 e. The van der Waals surface area contributed by atoms with Crippen LogP contribution in [0.25, 0.3) is 0 Å². The van der Waals surface area contributed by atoms with Gasteiger partial charge in [0.15, 0.2) is 0 Å². The van der Waals surface area contributed by atoms with E-state index in [0.717, 1.165) is 6.07 Å². The Kier molecular flexibility index (Phi) is 6.51. The van der Waals surface area contributed by atoms with E-state index >= 15 is 0 Å². The Morgan fingerprint density at radius 3 is 2.50 bits per heavy atom. The number of rotatable bonds is 6. The number of alkyl halides is 6. The Labute approximate surface area is 130 Å². The van der Waals surface area contributed by atoms with Gasteiger partial charge >= 0.3 is 12.3 Å². The number of carbonyl (C=O) groups excluding carboxylic acids is 1. The zero-order valence-electron chi connectivity index (χ0n) is 11.2. The quantitative estimate of drug-likeness (QED) is 0.419. The lowest BCUT2D eigenvalue weighted by Gasteiger charge is -2.15. The largest absolute Gasteiger partial charge is 0.574 e. The van der Waals surface area contributed by atoms with Crippen LogP contribution in [0.5, 0.6) is 5.88 Å². The first kappa shape index (κ1) is 18.6. The normalized spacial score (nSPS) is 11.6. The van der Waals surface area contributed by atoms with Crippen molar-refractivity contribution in [1.29, 1.82) is 0 Å². The number of esters is 1. The highest BCUT2D eigenvalue weighted by atomic mass is 79.9. The van der Waals surface area contributed by atoms with E-state index in [2.05, 4.69) is 30.4 Å². The van der Waals surface area contributed by atoms with Gasteiger partial charge < -0.3 is 9.47 Å². The van der Waals surface area contributed by atoms with Crippen LogP contribution in [-0.2, 0) is 21.3 Å². The van der Waals surface area contributed by atoms with Gasteiger partial charge in [-0.15, -0.1) is 13.2 Å². The summed E-state index contributed by atoms with van der Waals surface area (Å²) in [7, 11) is 0. The van der Waals surface area contributed by atoms with Gasteiger partial charge in [0.1, 0.15) is 5.69 Å². The molecule has 4 nitrogen and oxygen atoms in total. The molecular weight excluding hydrogens is 381 g/mol. The molecule has 0 aliphatic carbocycles. The summed E-state index contributed by atoms with van der Waals surface area (Å²) in [5.74, 6) is -1.79. The van der Waals surface area contributed by atoms with Crippen LogP contribution in [0.1, 0.15) is 30.2 Å². The van der Waals surface area contributed by atoms with Gasteiger partial charge in [0.2, 0.25) is 5.88 Å². The van der Waals surface area contributed by atoms with Gasteiger partial charge in [-0.3, -0.25) is 4.79 Å². The molecule has 0 N–H and O–H groups in total. The van der Waals surface area contributed by atoms with Crippen molar-refractivity contribution >= 4 is 21.9 Å². The molecule has 10 heteroatoms. The third kappa shape index (κ3) is 5.39. The number of nitrogens with zero attached hydrogens (tertiary/aromatic N) is 1. The van der Waals surface area contributed by atoms with Gasteiger partial charge in [-0.1, -0.05) is 15.9 Å². The zero-order valence-corrected chi connectivity index (χ0v) is 12.8. The monoisotopic (exact) mass is 391 g/mol. The fourth-order valence-electron chi connectivity index (χ4n) is 1.65. The Balaban J connectivity index is 3.26. The maximum absolute atomic E-state index is 13.0. The number of pyridine rings is 1. The van der Waals surface area contributed by atoms with Crippen LogP contribution in [0.3, 0.4) is 0 Å². The van der Waals surface area contributed by atoms with Crippen LogP contribution in [-0.4, -0.2) is 23.9 Å². The van der Waals surface area contributed by atoms with Crippen molar-refractivity contribution in [2.75, 3.05) is 6.61 Å². The van der Waals surface area contributed by atoms with E-state index in [1.165, 1.54) is 6.92 Å². The number of aromatic nitrogens is 1. The molecule has 0 aliphatic heterocycles. The number of ether oxygens (including phenoxy) is 2. The first-order valence-electron chi connectivity index (χ1n) is 5.96. The molecule has 0 saturated carbocycles. The van der Waals surface area contributed by atoms with Gasteiger partial charge in [0.25, 0.3) is 6.43 Å². The second kappa shape index (κ2) is 7.70. The molecule has 1 aromatic rings. The summed E-state index contributed by atoms with van der Waals surface area (Å²) in [4.78, 5) is 14.6. The van der Waals surface area contributed by atoms with Crippen LogP contribution in [0.15, 0.2) is 6.07 Å². The number of hydrogen-bond acceptors (Lipinski definition) is 4. The van der Waals surface area contributed by atoms with Crippen LogP contribution in [0, 0.1) is 0 Å². The summed E-state index contributed by atoms with van der Waals surface area (Å²) in [6, 6.07) is 0.850. The van der Waals surface area contributed by atoms with Crippen LogP contribution < -0.4 is 4.74 Å². The first-order valence-corrected chi connectivity index (χ1v) is 7.08. The highest BCUT2D eigenvalue weighted by Gasteiger charge is 2.33. The molecule has 0 aliphatic rings.